The zero-order chi connectivity index (χ0) is 36.7. The monoisotopic (exact) mass is 715 g/mol. The maximum atomic E-state index is 13.6. The number of nitrogens with two attached hydrogens (primary N) is 1. The largest absolute Gasteiger partial charge is 0.497 e. The molecule has 5 N–H and O–H groups in total. The van der Waals surface area contributed by atoms with Gasteiger partial charge in [-0.05, 0) is 86.3 Å². The molecule has 270 valence electrons. The fraction of sp³-hybridized carbons (Fsp3) is 0.316. The molecule has 12 nitrogen and oxygen atoms in total. The molecule has 0 bridgehead atoms. The van der Waals surface area contributed by atoms with E-state index in [9.17, 15) is 23.1 Å². The molecule has 13 heteroatoms. The Bertz CT molecular complexity index is 1940. The SMILES string of the molecule is COc1ccc(S(=O)(=O)Nc2ccc3c(c2)CC(=O)N([C@@H](C)CO)C[C@@H](C)[C@H](CN(C)Cc2ccc(C(=O)Nc4ccccc4N)cc2)O3)cc1. The Balaban J connectivity index is 1.33. The molecule has 0 spiro atoms. The minimum atomic E-state index is -3.93. The van der Waals surface area contributed by atoms with Crippen molar-refractivity contribution in [2.75, 3.05) is 49.6 Å². The highest BCUT2D eigenvalue weighted by Gasteiger charge is 2.31. The first-order chi connectivity index (χ1) is 24.4. The average molecular weight is 716 g/mol. The lowest BCUT2D eigenvalue weighted by Gasteiger charge is -2.34. The molecule has 0 saturated heterocycles. The Kier molecular flexibility index (Phi) is 11.9. The van der Waals surface area contributed by atoms with Crippen LogP contribution in [0.15, 0.2) is 95.9 Å². The van der Waals surface area contributed by atoms with Gasteiger partial charge in [-0.25, -0.2) is 8.42 Å². The Morgan fingerprint density at radius 2 is 1.78 bits per heavy atom. The minimum absolute atomic E-state index is 0.0378. The van der Waals surface area contributed by atoms with Crippen LogP contribution in [0.2, 0.25) is 0 Å². The number of nitrogens with zero attached hydrogens (tertiary/aromatic N) is 2. The molecule has 0 aliphatic carbocycles. The molecule has 2 amide bonds. The van der Waals surface area contributed by atoms with Crippen molar-refractivity contribution in [2.45, 2.75) is 43.9 Å². The van der Waals surface area contributed by atoms with E-state index in [0.717, 1.165) is 5.56 Å². The number of aliphatic hydroxyl groups excluding tert-OH is 1. The van der Waals surface area contributed by atoms with Crippen LogP contribution in [0.3, 0.4) is 0 Å². The number of carbonyl (C=O) groups excluding carboxylic acids is 2. The number of rotatable bonds is 12. The van der Waals surface area contributed by atoms with Gasteiger partial charge in [0.1, 0.15) is 17.6 Å². The maximum Gasteiger partial charge on any atom is 0.261 e. The van der Waals surface area contributed by atoms with Gasteiger partial charge in [-0.1, -0.05) is 31.2 Å². The van der Waals surface area contributed by atoms with Crippen molar-refractivity contribution in [1.82, 2.24) is 9.80 Å². The molecule has 4 aromatic carbocycles. The number of ether oxygens (including phenoxy) is 2. The second-order valence-electron chi connectivity index (χ2n) is 12.9. The first-order valence-corrected chi connectivity index (χ1v) is 18.1. The van der Waals surface area contributed by atoms with Crippen molar-refractivity contribution in [2.24, 2.45) is 5.92 Å². The van der Waals surface area contributed by atoms with Crippen LogP contribution in [-0.2, 0) is 27.8 Å². The molecule has 51 heavy (non-hydrogen) atoms. The molecule has 1 aliphatic rings. The summed E-state index contributed by atoms with van der Waals surface area (Å²) in [6.45, 7) is 5.03. The van der Waals surface area contributed by atoms with Crippen molar-refractivity contribution in [3.05, 3.63) is 108 Å². The van der Waals surface area contributed by atoms with Crippen LogP contribution >= 0.6 is 0 Å². The highest BCUT2D eigenvalue weighted by Crippen LogP contribution is 2.30. The van der Waals surface area contributed by atoms with E-state index in [1.165, 1.54) is 19.2 Å². The smallest absolute Gasteiger partial charge is 0.261 e. The summed E-state index contributed by atoms with van der Waals surface area (Å²) < 4.78 is 40.7. The van der Waals surface area contributed by atoms with Gasteiger partial charge in [-0.3, -0.25) is 19.2 Å². The first kappa shape index (κ1) is 37.2. The van der Waals surface area contributed by atoms with Crippen LogP contribution in [0.4, 0.5) is 17.1 Å². The van der Waals surface area contributed by atoms with Gasteiger partial charge in [0.2, 0.25) is 5.91 Å². The van der Waals surface area contributed by atoms with Gasteiger partial charge >= 0.3 is 0 Å². The van der Waals surface area contributed by atoms with Crippen LogP contribution < -0.4 is 25.2 Å². The lowest BCUT2D eigenvalue weighted by molar-refractivity contribution is -0.134. The number of para-hydroxylation sites is 2. The van der Waals surface area contributed by atoms with E-state index in [4.69, 9.17) is 15.2 Å². The second kappa shape index (κ2) is 16.3. The molecule has 1 aliphatic heterocycles. The summed E-state index contributed by atoms with van der Waals surface area (Å²) in [5.74, 6) is 0.435. The van der Waals surface area contributed by atoms with Gasteiger partial charge in [0.25, 0.3) is 15.9 Å². The van der Waals surface area contributed by atoms with E-state index in [1.807, 2.05) is 26.1 Å². The first-order valence-electron chi connectivity index (χ1n) is 16.7. The molecule has 0 aromatic heterocycles. The highest BCUT2D eigenvalue weighted by atomic mass is 32.2. The number of fused-ring (bicyclic) bond motifs is 1. The summed E-state index contributed by atoms with van der Waals surface area (Å²) in [4.78, 5) is 30.3. The number of methoxy groups -OCH3 is 1. The van der Waals surface area contributed by atoms with Crippen LogP contribution in [-0.4, -0.2) is 81.1 Å². The van der Waals surface area contributed by atoms with E-state index < -0.39 is 16.1 Å². The Morgan fingerprint density at radius 1 is 1.08 bits per heavy atom. The summed E-state index contributed by atoms with van der Waals surface area (Å²) >= 11 is 0. The second-order valence-corrected chi connectivity index (χ2v) is 14.6. The van der Waals surface area contributed by atoms with E-state index in [-0.39, 0.29) is 47.4 Å². The number of aliphatic hydroxyl groups is 1. The quantitative estimate of drug-likeness (QED) is 0.154. The van der Waals surface area contributed by atoms with E-state index >= 15 is 0 Å². The van der Waals surface area contributed by atoms with Crippen LogP contribution in [0.1, 0.15) is 35.3 Å². The van der Waals surface area contributed by atoms with E-state index in [2.05, 4.69) is 14.9 Å². The number of likely N-dealkylation sites (N-methyl/N-ethyl adjacent to an activating group) is 1. The van der Waals surface area contributed by atoms with Gasteiger partial charge in [0.15, 0.2) is 0 Å². The fourth-order valence-corrected chi connectivity index (χ4v) is 6.98. The number of anilines is 3. The summed E-state index contributed by atoms with van der Waals surface area (Å²) in [6.07, 6.45) is -0.402. The summed E-state index contributed by atoms with van der Waals surface area (Å²) in [5.41, 5.74) is 9.31. The lowest BCUT2D eigenvalue weighted by atomic mass is 10.0. The molecule has 0 unspecified atom stereocenters. The highest BCUT2D eigenvalue weighted by molar-refractivity contribution is 7.92. The van der Waals surface area contributed by atoms with Gasteiger partial charge in [0.05, 0.1) is 42.4 Å². The van der Waals surface area contributed by atoms with Crippen molar-refractivity contribution in [3.8, 4) is 11.5 Å². The Morgan fingerprint density at radius 3 is 2.45 bits per heavy atom. The predicted octanol–water partition coefficient (Wildman–Crippen LogP) is 4.61. The third-order valence-electron chi connectivity index (χ3n) is 8.91. The molecule has 0 radical (unpaired) electrons. The van der Waals surface area contributed by atoms with E-state index in [1.54, 1.807) is 78.6 Å². The number of hydrogen-bond donors (Lipinski definition) is 4. The van der Waals surface area contributed by atoms with Gasteiger partial charge in [-0.15, -0.1) is 0 Å². The fourth-order valence-electron chi connectivity index (χ4n) is 5.93. The summed E-state index contributed by atoms with van der Waals surface area (Å²) in [5, 5.41) is 12.8. The summed E-state index contributed by atoms with van der Waals surface area (Å²) in [6, 6.07) is 25.0. The number of nitrogen functional groups attached to an aromatic ring is 1. The van der Waals surface area contributed by atoms with E-state index in [0.29, 0.717) is 53.6 Å². The topological polar surface area (TPSA) is 164 Å². The standard InChI is InChI=1S/C38H45N5O7S/c1-25-21-43(26(2)24-44)37(45)20-29-19-30(41-51(47,48)32-16-14-31(49-4)15-17-32)13-18-35(29)50-36(25)23-42(3)22-27-9-11-28(12-10-27)38(46)40-34-8-6-5-7-33(34)39/h5-19,25-26,36,41,44H,20-24,39H2,1-4H3,(H,40,46)/t25-,26+,36+/m1/s1. The summed E-state index contributed by atoms with van der Waals surface area (Å²) in [7, 11) is -0.453. The predicted molar refractivity (Wildman–Crippen MR) is 197 cm³/mol. The molecule has 0 fully saturated rings. The van der Waals surface area contributed by atoms with Crippen LogP contribution in [0, 0.1) is 5.92 Å². The number of nitrogens with one attached hydrogen (secondary N) is 2. The van der Waals surface area contributed by atoms with Crippen molar-refractivity contribution >= 4 is 38.9 Å². The number of benzene rings is 4. The number of hydrogen-bond acceptors (Lipinski definition) is 9. The molecule has 0 saturated carbocycles. The Labute approximate surface area is 299 Å². The third kappa shape index (κ3) is 9.37. The minimum Gasteiger partial charge on any atom is -0.497 e. The molecular weight excluding hydrogens is 671 g/mol. The molecule has 4 aromatic rings. The molecule has 1 heterocycles. The number of amides is 2. The van der Waals surface area contributed by atoms with Gasteiger partial charge in [-0.2, -0.15) is 0 Å². The molecular formula is C38H45N5O7S. The van der Waals surface area contributed by atoms with Gasteiger partial charge < -0.3 is 30.5 Å². The lowest BCUT2D eigenvalue weighted by Crippen LogP contribution is -2.47. The average Bonchev–Trinajstić information content (AvgIpc) is 3.16. The number of sulfonamides is 1. The third-order valence-corrected chi connectivity index (χ3v) is 10.3. The van der Waals surface area contributed by atoms with Crippen LogP contribution in [0.5, 0.6) is 11.5 Å². The Hall–Kier alpha value is -5.11. The zero-order valence-corrected chi connectivity index (χ0v) is 30.0. The normalized spacial score (nSPS) is 17.0. The molecule has 3 atom stereocenters. The van der Waals surface area contributed by atoms with Crippen molar-refractivity contribution < 1.29 is 32.6 Å². The van der Waals surface area contributed by atoms with Crippen LogP contribution in [0.25, 0.3) is 0 Å². The number of carbonyl (C=O) groups is 2. The van der Waals surface area contributed by atoms with Crippen molar-refractivity contribution in [3.63, 3.8) is 0 Å². The zero-order valence-electron chi connectivity index (χ0n) is 29.2. The van der Waals surface area contributed by atoms with Gasteiger partial charge in [0, 0.05) is 42.4 Å². The molecule has 5 rings (SSSR count). The van der Waals surface area contributed by atoms with Crippen molar-refractivity contribution in [1.29, 1.82) is 0 Å². The maximum absolute atomic E-state index is 13.6.